The van der Waals surface area contributed by atoms with Crippen LogP contribution >= 0.6 is 0 Å². The normalized spacial score (nSPS) is 12.5. The first-order valence-corrected chi connectivity index (χ1v) is 18.2. The minimum atomic E-state index is 1.01. The van der Waals surface area contributed by atoms with E-state index in [4.69, 9.17) is 4.98 Å². The lowest BCUT2D eigenvalue weighted by atomic mass is 9.98. The summed E-state index contributed by atoms with van der Waals surface area (Å²) in [7, 11) is 0. The molecule has 5 heterocycles. The molecule has 0 N–H and O–H groups in total. The van der Waals surface area contributed by atoms with Gasteiger partial charge in [-0.3, -0.25) is 4.40 Å². The molecule has 0 radical (unpaired) electrons. The number of benzene rings is 8. The van der Waals surface area contributed by atoms with Crippen molar-refractivity contribution in [3.05, 3.63) is 170 Å². The zero-order valence-electron chi connectivity index (χ0n) is 28.5. The largest absolute Gasteiger partial charge is 0.308 e. The Morgan fingerprint density at radius 3 is 1.77 bits per heavy atom. The van der Waals surface area contributed by atoms with Gasteiger partial charge in [0.15, 0.2) is 0 Å². The highest BCUT2D eigenvalue weighted by atomic mass is 15.2. The Labute approximate surface area is 302 Å². The smallest absolute Gasteiger partial charge is 0.146 e. The van der Waals surface area contributed by atoms with Gasteiger partial charge < -0.3 is 9.30 Å². The second kappa shape index (κ2) is 9.78. The zero-order valence-corrected chi connectivity index (χ0v) is 28.5. The van der Waals surface area contributed by atoms with Crippen LogP contribution in [0.15, 0.2) is 170 Å². The maximum atomic E-state index is 5.72. The molecule has 13 rings (SSSR count). The van der Waals surface area contributed by atoms with Crippen LogP contribution in [0.2, 0.25) is 0 Å². The van der Waals surface area contributed by atoms with Crippen molar-refractivity contribution in [2.24, 2.45) is 0 Å². The minimum absolute atomic E-state index is 1.01. The molecule has 0 amide bonds. The third kappa shape index (κ3) is 3.39. The van der Waals surface area contributed by atoms with Crippen LogP contribution in [0.4, 0.5) is 17.1 Å². The third-order valence-corrected chi connectivity index (χ3v) is 11.7. The minimum Gasteiger partial charge on any atom is -0.308 e. The van der Waals surface area contributed by atoms with Crippen LogP contribution in [0.5, 0.6) is 0 Å². The number of hydrogen-bond donors (Lipinski definition) is 0. The lowest BCUT2D eigenvalue weighted by Crippen LogP contribution is -2.10. The Bertz CT molecular complexity index is 3580. The summed E-state index contributed by atoms with van der Waals surface area (Å²) < 4.78 is 4.94. The number of anilines is 3. The van der Waals surface area contributed by atoms with Crippen LogP contribution in [0.1, 0.15) is 0 Å². The monoisotopic (exact) mass is 672 g/mol. The van der Waals surface area contributed by atoms with Crippen molar-refractivity contribution < 1.29 is 0 Å². The standard InChI is InChI=1S/C49H28N4/c1-3-15-31(16-4-1)51(32-17-5-2-6-18-32)41-24-12-22-36-35-21-11-23-37-45-42(52(46(35)37)47(36)41)28-39-44-34-20-10-8-14-30(34)27-38-43-33-19-9-7-13-29(33)25-26-40(43)53(48(38)44)49(39)50-45/h1-28H. The van der Waals surface area contributed by atoms with E-state index in [0.29, 0.717) is 0 Å². The maximum absolute atomic E-state index is 5.72. The summed E-state index contributed by atoms with van der Waals surface area (Å²) in [5.41, 5.74) is 11.4. The average molecular weight is 673 g/mol. The van der Waals surface area contributed by atoms with Crippen LogP contribution in [-0.2, 0) is 0 Å². The molecular weight excluding hydrogens is 645 g/mol. The highest BCUT2D eigenvalue weighted by molar-refractivity contribution is 6.35. The molecule has 0 saturated heterocycles. The van der Waals surface area contributed by atoms with Gasteiger partial charge >= 0.3 is 0 Å². The Balaban J connectivity index is 1.24. The molecule has 0 aliphatic heterocycles. The number of aromatic nitrogens is 3. The van der Waals surface area contributed by atoms with Gasteiger partial charge in [0, 0.05) is 49.1 Å². The van der Waals surface area contributed by atoms with Crippen molar-refractivity contribution in [1.82, 2.24) is 13.8 Å². The summed E-state index contributed by atoms with van der Waals surface area (Å²) in [6.45, 7) is 0. The van der Waals surface area contributed by atoms with Crippen molar-refractivity contribution in [2.75, 3.05) is 4.90 Å². The Hall–Kier alpha value is -7.17. The molecule has 0 fully saturated rings. The first-order valence-electron chi connectivity index (χ1n) is 18.2. The number of fused-ring (bicyclic) bond motifs is 16. The third-order valence-electron chi connectivity index (χ3n) is 11.7. The molecule has 0 aliphatic carbocycles. The summed E-state index contributed by atoms with van der Waals surface area (Å²) in [5.74, 6) is 0. The second-order valence-corrected chi connectivity index (χ2v) is 14.3. The molecule has 0 atom stereocenters. The number of hydrogen-bond acceptors (Lipinski definition) is 2. The lowest BCUT2D eigenvalue weighted by molar-refractivity contribution is 1.27. The second-order valence-electron chi connectivity index (χ2n) is 14.3. The summed E-state index contributed by atoms with van der Waals surface area (Å²) in [4.78, 5) is 8.11. The first kappa shape index (κ1) is 27.5. The average Bonchev–Trinajstić information content (AvgIpc) is 3.94. The van der Waals surface area contributed by atoms with Gasteiger partial charge in [0.2, 0.25) is 0 Å². The molecule has 4 nitrogen and oxygen atoms in total. The highest BCUT2D eigenvalue weighted by Gasteiger charge is 2.27. The number of pyridine rings is 1. The Morgan fingerprint density at radius 1 is 0.377 bits per heavy atom. The van der Waals surface area contributed by atoms with Crippen molar-refractivity contribution in [3.8, 4) is 0 Å². The van der Waals surface area contributed by atoms with Crippen LogP contribution < -0.4 is 4.90 Å². The predicted molar refractivity (Wildman–Crippen MR) is 223 cm³/mol. The van der Waals surface area contributed by atoms with Gasteiger partial charge in [-0.1, -0.05) is 121 Å². The van der Waals surface area contributed by atoms with Crippen LogP contribution in [0.3, 0.4) is 0 Å². The molecule has 5 aromatic heterocycles. The predicted octanol–water partition coefficient (Wildman–Crippen LogP) is 13.2. The summed E-state index contributed by atoms with van der Waals surface area (Å²) in [6, 6.07) is 61.9. The van der Waals surface area contributed by atoms with Crippen molar-refractivity contribution in [1.29, 1.82) is 0 Å². The molecule has 0 bridgehead atoms. The van der Waals surface area contributed by atoms with Gasteiger partial charge in [-0.15, -0.1) is 0 Å². The van der Waals surface area contributed by atoms with Crippen molar-refractivity contribution >= 4 is 115 Å². The molecular formula is C49H28N4. The van der Waals surface area contributed by atoms with Gasteiger partial charge in [-0.25, -0.2) is 4.98 Å². The van der Waals surface area contributed by atoms with E-state index in [0.717, 1.165) is 33.7 Å². The van der Waals surface area contributed by atoms with Crippen molar-refractivity contribution in [3.63, 3.8) is 0 Å². The molecule has 53 heavy (non-hydrogen) atoms. The summed E-state index contributed by atoms with van der Waals surface area (Å²) in [5, 5.41) is 13.7. The van der Waals surface area contributed by atoms with E-state index < -0.39 is 0 Å². The van der Waals surface area contributed by atoms with Crippen LogP contribution in [0.25, 0.3) is 98.0 Å². The quantitative estimate of drug-likeness (QED) is 0.187. The number of para-hydroxylation sites is 4. The summed E-state index contributed by atoms with van der Waals surface area (Å²) >= 11 is 0. The molecule has 0 saturated carbocycles. The van der Waals surface area contributed by atoms with Gasteiger partial charge in [-0.2, -0.15) is 0 Å². The Morgan fingerprint density at radius 2 is 1.00 bits per heavy atom. The van der Waals surface area contributed by atoms with E-state index >= 15 is 0 Å². The SMILES string of the molecule is c1ccc(N(c2ccccc2)c2cccc3c4cccc5c6nc7c(cc6n(c23)c45)c2c3ccccc3cc3c4c5ccccc5ccc4n7c32)cc1. The zero-order chi connectivity index (χ0) is 34.4. The van der Waals surface area contributed by atoms with Gasteiger partial charge in [0.05, 0.1) is 38.8 Å². The van der Waals surface area contributed by atoms with Crippen LogP contribution in [-0.4, -0.2) is 13.8 Å². The van der Waals surface area contributed by atoms with E-state index in [9.17, 15) is 0 Å². The van der Waals surface area contributed by atoms with Gasteiger partial charge in [0.25, 0.3) is 0 Å². The van der Waals surface area contributed by atoms with Gasteiger partial charge in [-0.05, 0) is 70.1 Å². The van der Waals surface area contributed by atoms with Crippen LogP contribution in [0, 0.1) is 0 Å². The van der Waals surface area contributed by atoms with Crippen molar-refractivity contribution in [2.45, 2.75) is 0 Å². The molecule has 0 unspecified atom stereocenters. The summed E-state index contributed by atoms with van der Waals surface area (Å²) in [6.07, 6.45) is 0. The van der Waals surface area contributed by atoms with E-state index in [1.54, 1.807) is 0 Å². The topological polar surface area (TPSA) is 25.0 Å². The fourth-order valence-electron chi connectivity index (χ4n) is 9.61. The lowest BCUT2D eigenvalue weighted by Gasteiger charge is -2.26. The van der Waals surface area contributed by atoms with E-state index in [1.165, 1.54) is 81.3 Å². The molecule has 0 aliphatic rings. The number of nitrogens with zero attached hydrogens (tertiary/aromatic N) is 4. The highest BCUT2D eigenvalue weighted by Crippen LogP contribution is 2.48. The number of rotatable bonds is 3. The molecule has 8 aromatic carbocycles. The molecule has 0 spiro atoms. The molecule has 244 valence electrons. The fourth-order valence-corrected chi connectivity index (χ4v) is 9.61. The van der Waals surface area contributed by atoms with E-state index in [-0.39, 0.29) is 0 Å². The fraction of sp³-hybridized carbons (Fsp3) is 0. The first-order chi connectivity index (χ1) is 26.3. The van der Waals surface area contributed by atoms with E-state index in [2.05, 4.69) is 184 Å². The van der Waals surface area contributed by atoms with Gasteiger partial charge in [0.1, 0.15) is 5.65 Å². The molecule has 13 aromatic rings. The maximum Gasteiger partial charge on any atom is 0.146 e. The molecule has 4 heteroatoms. The van der Waals surface area contributed by atoms with E-state index in [1.807, 2.05) is 0 Å². The Kier molecular flexibility index (Phi) is 5.08.